The number of hydrogen-bond acceptors (Lipinski definition) is 5. The first-order valence-electron chi connectivity index (χ1n) is 8.12. The summed E-state index contributed by atoms with van der Waals surface area (Å²) in [6.45, 7) is -3.48. The van der Waals surface area contributed by atoms with Crippen LogP contribution in [0.4, 0.5) is 14.5 Å². The number of carbonyl (C=O) groups excluding carboxylic acids is 3. The molecule has 0 aliphatic rings. The summed E-state index contributed by atoms with van der Waals surface area (Å²) in [5.74, 6) is -1.60. The lowest BCUT2D eigenvalue weighted by molar-refractivity contribution is -0.147. The highest BCUT2D eigenvalue weighted by Gasteiger charge is 2.12. The van der Waals surface area contributed by atoms with E-state index in [1.54, 1.807) is 24.3 Å². The lowest BCUT2D eigenvalue weighted by Gasteiger charge is -2.08. The van der Waals surface area contributed by atoms with Crippen LogP contribution in [0.15, 0.2) is 48.5 Å². The van der Waals surface area contributed by atoms with Crippen molar-refractivity contribution in [2.75, 3.05) is 11.9 Å². The molecule has 0 saturated heterocycles. The third-order valence-corrected chi connectivity index (χ3v) is 3.70. The van der Waals surface area contributed by atoms with Crippen LogP contribution >= 0.6 is 11.6 Å². The molecule has 0 aliphatic carbocycles. The molecule has 6 nitrogen and oxygen atoms in total. The Bertz CT molecular complexity index is 825. The van der Waals surface area contributed by atoms with Gasteiger partial charge in [0.2, 0.25) is 0 Å². The fourth-order valence-electron chi connectivity index (χ4n) is 2.13. The zero-order valence-electron chi connectivity index (χ0n) is 14.5. The molecule has 28 heavy (non-hydrogen) atoms. The molecule has 0 aromatic heterocycles. The molecule has 1 amide bonds. The SMILES string of the molecule is O=C(COC(=O)CCC(=O)c1ccc(Cl)cc1)Nc1ccc(OC(F)F)cc1. The van der Waals surface area contributed by atoms with Gasteiger partial charge in [-0.05, 0) is 48.5 Å². The molecule has 1 N–H and O–H groups in total. The highest BCUT2D eigenvalue weighted by atomic mass is 35.5. The van der Waals surface area contributed by atoms with Crippen LogP contribution in [0.3, 0.4) is 0 Å². The third-order valence-electron chi connectivity index (χ3n) is 3.45. The van der Waals surface area contributed by atoms with Gasteiger partial charge in [-0.2, -0.15) is 8.78 Å². The first-order valence-corrected chi connectivity index (χ1v) is 8.50. The van der Waals surface area contributed by atoms with Gasteiger partial charge in [-0.15, -0.1) is 0 Å². The van der Waals surface area contributed by atoms with Crippen LogP contribution in [0.5, 0.6) is 5.75 Å². The molecule has 9 heteroatoms. The number of esters is 1. The first kappa shape index (κ1) is 21.3. The number of benzene rings is 2. The molecule has 148 valence electrons. The standard InChI is InChI=1S/C19H16ClF2NO5/c20-13-3-1-12(2-4-13)16(24)9-10-18(26)27-11-17(25)23-14-5-7-15(8-6-14)28-19(21)22/h1-8,19H,9-11H2,(H,23,25). The monoisotopic (exact) mass is 411 g/mol. The highest BCUT2D eigenvalue weighted by molar-refractivity contribution is 6.30. The normalized spacial score (nSPS) is 10.4. The van der Waals surface area contributed by atoms with Gasteiger partial charge in [0.05, 0.1) is 6.42 Å². The highest BCUT2D eigenvalue weighted by Crippen LogP contribution is 2.17. The molecule has 0 heterocycles. The van der Waals surface area contributed by atoms with Crippen LogP contribution in [0, 0.1) is 0 Å². The van der Waals surface area contributed by atoms with E-state index in [1.807, 2.05) is 0 Å². The van der Waals surface area contributed by atoms with Crippen molar-refractivity contribution in [2.24, 2.45) is 0 Å². The van der Waals surface area contributed by atoms with Gasteiger partial charge in [-0.1, -0.05) is 11.6 Å². The summed E-state index contributed by atoms with van der Waals surface area (Å²) in [5.41, 5.74) is 0.745. The average molecular weight is 412 g/mol. The molecular weight excluding hydrogens is 396 g/mol. The van der Waals surface area contributed by atoms with E-state index in [1.165, 1.54) is 24.3 Å². The fourth-order valence-corrected chi connectivity index (χ4v) is 2.26. The Kier molecular flexibility index (Phi) is 7.88. The minimum atomic E-state index is -2.94. The second kappa shape index (κ2) is 10.4. The van der Waals surface area contributed by atoms with E-state index in [-0.39, 0.29) is 24.4 Å². The smallest absolute Gasteiger partial charge is 0.387 e. The van der Waals surface area contributed by atoms with Crippen molar-refractivity contribution in [3.05, 3.63) is 59.1 Å². The second-order valence-corrected chi connectivity index (χ2v) is 5.98. The Balaban J connectivity index is 1.71. The quantitative estimate of drug-likeness (QED) is 0.496. The summed E-state index contributed by atoms with van der Waals surface area (Å²) >= 11 is 5.74. The number of anilines is 1. The second-order valence-electron chi connectivity index (χ2n) is 5.54. The molecule has 0 bridgehead atoms. The molecule has 0 atom stereocenters. The number of halogens is 3. The summed E-state index contributed by atoms with van der Waals surface area (Å²) < 4.78 is 33.1. The molecule has 0 radical (unpaired) electrons. The topological polar surface area (TPSA) is 81.7 Å². The Labute approximate surface area is 164 Å². The van der Waals surface area contributed by atoms with E-state index in [2.05, 4.69) is 10.1 Å². The van der Waals surface area contributed by atoms with Gasteiger partial charge >= 0.3 is 12.6 Å². The van der Waals surface area contributed by atoms with E-state index in [4.69, 9.17) is 16.3 Å². The number of ether oxygens (including phenoxy) is 2. The Morgan fingerprint density at radius 1 is 0.964 bits per heavy atom. The predicted octanol–water partition coefficient (Wildman–Crippen LogP) is 4.09. The third kappa shape index (κ3) is 7.32. The van der Waals surface area contributed by atoms with Crippen molar-refractivity contribution in [1.82, 2.24) is 0 Å². The van der Waals surface area contributed by atoms with Crippen molar-refractivity contribution in [3.8, 4) is 5.75 Å². The van der Waals surface area contributed by atoms with E-state index >= 15 is 0 Å². The largest absolute Gasteiger partial charge is 0.456 e. The first-order chi connectivity index (χ1) is 13.3. The summed E-state index contributed by atoms with van der Waals surface area (Å²) in [6, 6.07) is 11.5. The van der Waals surface area contributed by atoms with Crippen LogP contribution in [-0.4, -0.2) is 30.9 Å². The predicted molar refractivity (Wildman–Crippen MR) is 97.7 cm³/mol. The number of hydrogen-bond donors (Lipinski definition) is 1. The van der Waals surface area contributed by atoms with Gasteiger partial charge in [-0.25, -0.2) is 0 Å². The van der Waals surface area contributed by atoms with Crippen LogP contribution in [0.2, 0.25) is 5.02 Å². The van der Waals surface area contributed by atoms with Gasteiger partial charge in [0.15, 0.2) is 12.4 Å². The van der Waals surface area contributed by atoms with Gasteiger partial charge < -0.3 is 14.8 Å². The zero-order valence-corrected chi connectivity index (χ0v) is 15.2. The van der Waals surface area contributed by atoms with Crippen LogP contribution in [0.25, 0.3) is 0 Å². The lowest BCUT2D eigenvalue weighted by Crippen LogP contribution is -2.21. The Morgan fingerprint density at radius 3 is 2.21 bits per heavy atom. The van der Waals surface area contributed by atoms with Gasteiger partial charge in [-0.3, -0.25) is 14.4 Å². The molecule has 0 unspecified atom stereocenters. The number of amides is 1. The van der Waals surface area contributed by atoms with E-state index in [9.17, 15) is 23.2 Å². The number of rotatable bonds is 9. The minimum absolute atomic E-state index is 0.0511. The maximum atomic E-state index is 12.1. The van der Waals surface area contributed by atoms with Gasteiger partial charge in [0.25, 0.3) is 5.91 Å². The maximum absolute atomic E-state index is 12.1. The van der Waals surface area contributed by atoms with Crippen molar-refractivity contribution >= 4 is 34.9 Å². The summed E-state index contributed by atoms with van der Waals surface area (Å²) in [6.07, 6.45) is -0.234. The zero-order chi connectivity index (χ0) is 20.5. The molecule has 2 aromatic carbocycles. The molecule has 0 spiro atoms. The van der Waals surface area contributed by atoms with Crippen molar-refractivity contribution in [3.63, 3.8) is 0 Å². The number of alkyl halides is 2. The summed E-state index contributed by atoms with van der Waals surface area (Å²) in [7, 11) is 0. The molecule has 2 aromatic rings. The van der Waals surface area contributed by atoms with Crippen LogP contribution < -0.4 is 10.1 Å². The van der Waals surface area contributed by atoms with Gasteiger partial charge in [0, 0.05) is 22.7 Å². The number of carbonyl (C=O) groups is 3. The molecule has 0 saturated carbocycles. The Morgan fingerprint density at radius 2 is 1.61 bits per heavy atom. The van der Waals surface area contributed by atoms with E-state index < -0.39 is 25.1 Å². The summed E-state index contributed by atoms with van der Waals surface area (Å²) in [5, 5.41) is 2.93. The maximum Gasteiger partial charge on any atom is 0.387 e. The van der Waals surface area contributed by atoms with E-state index in [0.717, 1.165) is 0 Å². The van der Waals surface area contributed by atoms with E-state index in [0.29, 0.717) is 16.3 Å². The van der Waals surface area contributed by atoms with Crippen molar-refractivity contribution < 1.29 is 32.6 Å². The van der Waals surface area contributed by atoms with Crippen molar-refractivity contribution in [1.29, 1.82) is 0 Å². The van der Waals surface area contributed by atoms with Crippen LogP contribution in [0.1, 0.15) is 23.2 Å². The molecule has 2 rings (SSSR count). The molecule has 0 fully saturated rings. The van der Waals surface area contributed by atoms with Gasteiger partial charge in [0.1, 0.15) is 5.75 Å². The van der Waals surface area contributed by atoms with Crippen LogP contribution in [-0.2, 0) is 14.3 Å². The molecular formula is C19H16ClF2NO5. The fraction of sp³-hybridized carbons (Fsp3) is 0.211. The van der Waals surface area contributed by atoms with Crippen molar-refractivity contribution in [2.45, 2.75) is 19.5 Å². The molecule has 0 aliphatic heterocycles. The average Bonchev–Trinajstić information content (AvgIpc) is 2.66. The summed E-state index contributed by atoms with van der Waals surface area (Å²) in [4.78, 5) is 35.4. The number of nitrogens with one attached hydrogen (secondary N) is 1. The number of Topliss-reactive ketones (excluding diaryl/α,β-unsaturated/α-hetero) is 1. The minimum Gasteiger partial charge on any atom is -0.456 e. The Hall–Kier alpha value is -3.00. The number of ketones is 1. The lowest BCUT2D eigenvalue weighted by atomic mass is 10.1.